The lowest BCUT2D eigenvalue weighted by atomic mass is 9.80. The smallest absolute Gasteiger partial charge is 0.313 e. The van der Waals surface area contributed by atoms with E-state index in [2.05, 4.69) is 0 Å². The molecule has 0 amide bonds. The fourth-order valence-corrected chi connectivity index (χ4v) is 2.84. The molecule has 0 radical (unpaired) electrons. The highest BCUT2D eigenvalue weighted by atomic mass is 35.5. The summed E-state index contributed by atoms with van der Waals surface area (Å²) in [7, 11) is 1.45. The second-order valence-electron chi connectivity index (χ2n) is 4.10. The molecule has 3 atom stereocenters. The predicted molar refractivity (Wildman–Crippen MR) is 51.6 cm³/mol. The number of ether oxygens (including phenoxy) is 1. The SMILES string of the molecule is COC(=O)C12CCC(CC1N)C2.Cl. The van der Waals surface area contributed by atoms with Gasteiger partial charge in [0.2, 0.25) is 0 Å². The van der Waals surface area contributed by atoms with Crippen molar-refractivity contribution in [1.82, 2.24) is 0 Å². The van der Waals surface area contributed by atoms with Crippen molar-refractivity contribution in [2.75, 3.05) is 7.11 Å². The number of carbonyl (C=O) groups is 1. The first kappa shape index (κ1) is 10.8. The number of esters is 1. The summed E-state index contributed by atoms with van der Waals surface area (Å²) in [4.78, 5) is 11.5. The Kier molecular flexibility index (Phi) is 2.88. The van der Waals surface area contributed by atoms with Gasteiger partial charge in [-0.2, -0.15) is 0 Å². The van der Waals surface area contributed by atoms with E-state index in [-0.39, 0.29) is 29.8 Å². The van der Waals surface area contributed by atoms with Gasteiger partial charge in [-0.05, 0) is 31.6 Å². The highest BCUT2D eigenvalue weighted by Gasteiger charge is 2.56. The highest BCUT2D eigenvalue weighted by Crippen LogP contribution is 2.53. The Morgan fingerprint density at radius 2 is 2.31 bits per heavy atom. The molecular weight excluding hydrogens is 190 g/mol. The summed E-state index contributed by atoms with van der Waals surface area (Å²) in [6.07, 6.45) is 4.06. The minimum Gasteiger partial charge on any atom is -0.469 e. The molecule has 3 nitrogen and oxygen atoms in total. The minimum absolute atomic E-state index is 0. The number of methoxy groups -OCH3 is 1. The van der Waals surface area contributed by atoms with Crippen LogP contribution >= 0.6 is 12.4 Å². The maximum absolute atomic E-state index is 11.5. The Balaban J connectivity index is 0.000000845. The third-order valence-corrected chi connectivity index (χ3v) is 3.54. The van der Waals surface area contributed by atoms with E-state index in [9.17, 15) is 4.79 Å². The molecule has 2 rings (SSSR count). The number of carbonyl (C=O) groups excluding carboxylic acids is 1. The van der Waals surface area contributed by atoms with E-state index in [4.69, 9.17) is 10.5 Å². The van der Waals surface area contributed by atoms with E-state index in [1.165, 1.54) is 7.11 Å². The van der Waals surface area contributed by atoms with Gasteiger partial charge in [-0.15, -0.1) is 12.4 Å². The summed E-state index contributed by atoms with van der Waals surface area (Å²) < 4.78 is 4.81. The van der Waals surface area contributed by atoms with E-state index in [1.807, 2.05) is 0 Å². The van der Waals surface area contributed by atoms with Gasteiger partial charge < -0.3 is 10.5 Å². The van der Waals surface area contributed by atoms with Crippen LogP contribution in [0.25, 0.3) is 0 Å². The molecule has 2 aliphatic carbocycles. The molecule has 0 aliphatic heterocycles. The Morgan fingerprint density at radius 1 is 1.62 bits per heavy atom. The number of halogens is 1. The molecule has 2 bridgehead atoms. The fraction of sp³-hybridized carbons (Fsp3) is 0.889. The second kappa shape index (κ2) is 3.46. The first-order valence-electron chi connectivity index (χ1n) is 4.53. The van der Waals surface area contributed by atoms with E-state index >= 15 is 0 Å². The van der Waals surface area contributed by atoms with Crippen molar-refractivity contribution in [3.8, 4) is 0 Å². The number of hydrogen-bond donors (Lipinski definition) is 1. The Hall–Kier alpha value is -0.280. The Bertz CT molecular complexity index is 222. The van der Waals surface area contributed by atoms with Crippen LogP contribution in [0.1, 0.15) is 25.7 Å². The maximum Gasteiger partial charge on any atom is 0.313 e. The van der Waals surface area contributed by atoms with E-state index < -0.39 is 0 Å². The van der Waals surface area contributed by atoms with E-state index in [0.717, 1.165) is 25.7 Å². The zero-order chi connectivity index (χ0) is 8.77. The van der Waals surface area contributed by atoms with Gasteiger partial charge in [0.15, 0.2) is 0 Å². The molecule has 0 heterocycles. The molecule has 0 spiro atoms. The fourth-order valence-electron chi connectivity index (χ4n) is 2.84. The lowest BCUT2D eigenvalue weighted by molar-refractivity contribution is -0.153. The molecule has 0 aromatic heterocycles. The molecule has 0 saturated heterocycles. The monoisotopic (exact) mass is 205 g/mol. The van der Waals surface area contributed by atoms with E-state index in [0.29, 0.717) is 5.92 Å². The molecule has 13 heavy (non-hydrogen) atoms. The zero-order valence-corrected chi connectivity index (χ0v) is 8.60. The van der Waals surface area contributed by atoms with Crippen molar-refractivity contribution in [1.29, 1.82) is 0 Å². The van der Waals surface area contributed by atoms with Crippen LogP contribution in [-0.4, -0.2) is 19.1 Å². The molecule has 2 N–H and O–H groups in total. The summed E-state index contributed by atoms with van der Waals surface area (Å²) in [5.41, 5.74) is 5.62. The molecule has 3 unspecified atom stereocenters. The van der Waals surface area contributed by atoms with Crippen LogP contribution in [0.15, 0.2) is 0 Å². The summed E-state index contributed by atoms with van der Waals surface area (Å²) in [6, 6.07) is 0.0451. The lowest BCUT2D eigenvalue weighted by Gasteiger charge is -2.29. The number of rotatable bonds is 1. The topological polar surface area (TPSA) is 52.3 Å². The Labute approximate surface area is 84.4 Å². The third kappa shape index (κ3) is 1.34. The Morgan fingerprint density at radius 3 is 2.69 bits per heavy atom. The lowest BCUT2D eigenvalue weighted by Crippen LogP contribution is -2.44. The normalized spacial score (nSPS) is 41.4. The van der Waals surface area contributed by atoms with Crippen LogP contribution < -0.4 is 5.73 Å². The zero-order valence-electron chi connectivity index (χ0n) is 7.79. The molecule has 4 heteroatoms. The molecule has 76 valence electrons. The summed E-state index contributed by atoms with van der Waals surface area (Å²) >= 11 is 0. The maximum atomic E-state index is 11.5. The van der Waals surface area contributed by atoms with Crippen LogP contribution in [0, 0.1) is 11.3 Å². The molecule has 2 saturated carbocycles. The van der Waals surface area contributed by atoms with Crippen molar-refractivity contribution < 1.29 is 9.53 Å². The van der Waals surface area contributed by atoms with Gasteiger partial charge in [-0.25, -0.2) is 0 Å². The van der Waals surface area contributed by atoms with Crippen molar-refractivity contribution in [3.63, 3.8) is 0 Å². The van der Waals surface area contributed by atoms with Crippen molar-refractivity contribution in [2.24, 2.45) is 17.1 Å². The number of nitrogens with two attached hydrogens (primary N) is 1. The predicted octanol–water partition coefficient (Wildman–Crippen LogP) is 1.10. The molecule has 0 aromatic rings. The second-order valence-corrected chi connectivity index (χ2v) is 4.10. The molecular formula is C9H16ClNO2. The summed E-state index contributed by atoms with van der Waals surface area (Å²) in [6.45, 7) is 0. The standard InChI is InChI=1S/C9H15NO2.ClH/c1-12-8(11)9-3-2-6(5-9)4-7(9)10;/h6-7H,2-5,10H2,1H3;1H. The largest absolute Gasteiger partial charge is 0.469 e. The molecule has 2 aliphatic rings. The van der Waals surface area contributed by atoms with Crippen LogP contribution in [0.2, 0.25) is 0 Å². The van der Waals surface area contributed by atoms with Gasteiger partial charge in [0.1, 0.15) is 0 Å². The summed E-state index contributed by atoms with van der Waals surface area (Å²) in [5, 5.41) is 0. The molecule has 2 fully saturated rings. The van der Waals surface area contributed by atoms with Gasteiger partial charge in [0.25, 0.3) is 0 Å². The van der Waals surface area contributed by atoms with Crippen LogP contribution in [0.5, 0.6) is 0 Å². The average molecular weight is 206 g/mol. The van der Waals surface area contributed by atoms with Gasteiger partial charge in [-0.1, -0.05) is 0 Å². The third-order valence-electron chi connectivity index (χ3n) is 3.54. The minimum atomic E-state index is -0.306. The quantitative estimate of drug-likeness (QED) is 0.653. The van der Waals surface area contributed by atoms with Crippen LogP contribution in [0.4, 0.5) is 0 Å². The number of fused-ring (bicyclic) bond motifs is 2. The van der Waals surface area contributed by atoms with Crippen molar-refractivity contribution >= 4 is 18.4 Å². The first-order valence-corrected chi connectivity index (χ1v) is 4.53. The van der Waals surface area contributed by atoms with Crippen molar-refractivity contribution in [3.05, 3.63) is 0 Å². The van der Waals surface area contributed by atoms with E-state index in [1.54, 1.807) is 0 Å². The number of hydrogen-bond acceptors (Lipinski definition) is 3. The average Bonchev–Trinajstić information content (AvgIpc) is 2.60. The summed E-state index contributed by atoms with van der Waals surface area (Å²) in [5.74, 6) is 0.592. The van der Waals surface area contributed by atoms with Crippen LogP contribution in [0.3, 0.4) is 0 Å². The van der Waals surface area contributed by atoms with Gasteiger partial charge in [-0.3, -0.25) is 4.79 Å². The first-order chi connectivity index (χ1) is 5.69. The van der Waals surface area contributed by atoms with Gasteiger partial charge in [0, 0.05) is 6.04 Å². The van der Waals surface area contributed by atoms with Crippen molar-refractivity contribution in [2.45, 2.75) is 31.7 Å². The van der Waals surface area contributed by atoms with Gasteiger partial charge >= 0.3 is 5.97 Å². The molecule has 0 aromatic carbocycles. The van der Waals surface area contributed by atoms with Gasteiger partial charge in [0.05, 0.1) is 12.5 Å². The van der Waals surface area contributed by atoms with Crippen LogP contribution in [-0.2, 0) is 9.53 Å². The highest BCUT2D eigenvalue weighted by molar-refractivity contribution is 5.85.